The van der Waals surface area contributed by atoms with E-state index < -0.39 is 0 Å². The molecule has 2 N–H and O–H groups in total. The number of nitrogens with one attached hydrogen (secondary N) is 2. The molecule has 1 aliphatic heterocycles. The lowest BCUT2D eigenvalue weighted by Gasteiger charge is -2.25. The zero-order valence-corrected chi connectivity index (χ0v) is 11.8. The summed E-state index contributed by atoms with van der Waals surface area (Å²) >= 11 is 0. The lowest BCUT2D eigenvalue weighted by Crippen LogP contribution is -2.32. The van der Waals surface area contributed by atoms with Crippen molar-refractivity contribution in [3.8, 4) is 0 Å². The highest BCUT2D eigenvalue weighted by molar-refractivity contribution is 5.76. The summed E-state index contributed by atoms with van der Waals surface area (Å²) < 4.78 is 1.81. The topological polar surface area (TPSA) is 49.8 Å². The Kier molecular flexibility index (Phi) is 2.78. The smallest absolute Gasteiger partial charge is 0.308 e. The molecule has 1 unspecified atom stereocenters. The van der Waals surface area contributed by atoms with Crippen molar-refractivity contribution < 1.29 is 0 Å². The molecule has 1 aromatic heterocycles. The van der Waals surface area contributed by atoms with E-state index in [2.05, 4.69) is 35.4 Å². The fourth-order valence-electron chi connectivity index (χ4n) is 3.13. The monoisotopic (exact) mass is 259 g/mol. The summed E-state index contributed by atoms with van der Waals surface area (Å²) in [5.41, 5.74) is 3.21. The number of nitrogens with zero attached hydrogens (tertiary/aromatic N) is 1. The van der Waals surface area contributed by atoms with E-state index in [1.54, 1.807) is 0 Å². The molecule has 4 heteroatoms. The number of fused-ring (bicyclic) bond motifs is 1. The van der Waals surface area contributed by atoms with E-state index in [1.807, 2.05) is 18.4 Å². The molecule has 3 rings (SSSR count). The first-order chi connectivity index (χ1) is 9.01. The third kappa shape index (κ3) is 1.91. The first-order valence-electron chi connectivity index (χ1n) is 7.01. The molecular formula is C15H21N3O. The van der Waals surface area contributed by atoms with Gasteiger partial charge in [-0.05, 0) is 57.9 Å². The van der Waals surface area contributed by atoms with Crippen LogP contribution < -0.4 is 11.0 Å². The third-order valence-corrected chi connectivity index (χ3v) is 4.24. The first kappa shape index (κ1) is 12.5. The van der Waals surface area contributed by atoms with Gasteiger partial charge in [-0.2, -0.15) is 0 Å². The van der Waals surface area contributed by atoms with Crippen LogP contribution in [0.25, 0.3) is 11.0 Å². The summed E-state index contributed by atoms with van der Waals surface area (Å²) in [5.74, 6) is 0. The summed E-state index contributed by atoms with van der Waals surface area (Å²) in [4.78, 5) is 15.0. The molecule has 1 atom stereocenters. The quantitative estimate of drug-likeness (QED) is 0.870. The van der Waals surface area contributed by atoms with E-state index in [0.717, 1.165) is 24.0 Å². The molecule has 1 aromatic carbocycles. The third-order valence-electron chi connectivity index (χ3n) is 4.24. The van der Waals surface area contributed by atoms with Crippen LogP contribution in [0.3, 0.4) is 0 Å². The molecule has 0 amide bonds. The SMILES string of the molecule is CC(C)n1c(=O)[nH]c2cc(C3(C)CCCN3)ccc21. The van der Waals surface area contributed by atoms with E-state index >= 15 is 0 Å². The zero-order chi connectivity index (χ0) is 13.6. The lowest BCUT2D eigenvalue weighted by molar-refractivity contribution is 0.435. The van der Waals surface area contributed by atoms with Gasteiger partial charge in [0.05, 0.1) is 11.0 Å². The van der Waals surface area contributed by atoms with Gasteiger partial charge in [-0.1, -0.05) is 6.07 Å². The number of aromatic nitrogens is 2. The molecule has 2 aromatic rings. The Labute approximate surface area is 112 Å². The molecule has 1 fully saturated rings. The predicted octanol–water partition coefficient (Wildman–Crippen LogP) is 2.51. The van der Waals surface area contributed by atoms with Crippen molar-refractivity contribution in [2.24, 2.45) is 0 Å². The summed E-state index contributed by atoms with van der Waals surface area (Å²) in [6, 6.07) is 6.50. The van der Waals surface area contributed by atoms with Gasteiger partial charge in [0.25, 0.3) is 0 Å². The second kappa shape index (κ2) is 4.23. The maximum Gasteiger partial charge on any atom is 0.326 e. The Morgan fingerprint density at radius 2 is 2.16 bits per heavy atom. The van der Waals surface area contributed by atoms with Crippen molar-refractivity contribution in [2.75, 3.05) is 6.54 Å². The number of benzene rings is 1. The van der Waals surface area contributed by atoms with Crippen LogP contribution in [0.1, 0.15) is 45.2 Å². The highest BCUT2D eigenvalue weighted by Crippen LogP contribution is 2.31. The van der Waals surface area contributed by atoms with Gasteiger partial charge in [-0.15, -0.1) is 0 Å². The molecule has 0 bridgehead atoms. The van der Waals surface area contributed by atoms with Crippen LogP contribution >= 0.6 is 0 Å². The maximum absolute atomic E-state index is 12.0. The summed E-state index contributed by atoms with van der Waals surface area (Å²) in [5, 5.41) is 3.56. The van der Waals surface area contributed by atoms with Gasteiger partial charge < -0.3 is 10.3 Å². The van der Waals surface area contributed by atoms with Crippen molar-refractivity contribution in [3.05, 3.63) is 34.2 Å². The van der Waals surface area contributed by atoms with Crippen molar-refractivity contribution in [2.45, 2.75) is 45.2 Å². The summed E-state index contributed by atoms with van der Waals surface area (Å²) in [6.07, 6.45) is 2.35. The average molecular weight is 259 g/mol. The molecule has 0 aliphatic carbocycles. The number of rotatable bonds is 2. The summed E-state index contributed by atoms with van der Waals surface area (Å²) in [6.45, 7) is 7.36. The number of aromatic amines is 1. The Morgan fingerprint density at radius 1 is 1.37 bits per heavy atom. The standard InChI is InChI=1S/C15H21N3O/c1-10(2)18-13-6-5-11(9-12(13)17-14(18)19)15(3)7-4-8-16-15/h5-6,9-10,16H,4,7-8H2,1-3H3,(H,17,19). The van der Waals surface area contributed by atoms with E-state index in [-0.39, 0.29) is 17.3 Å². The van der Waals surface area contributed by atoms with Crippen LogP contribution in [-0.4, -0.2) is 16.1 Å². The molecule has 19 heavy (non-hydrogen) atoms. The van der Waals surface area contributed by atoms with E-state index in [4.69, 9.17) is 0 Å². The predicted molar refractivity (Wildman–Crippen MR) is 77.5 cm³/mol. The van der Waals surface area contributed by atoms with Crippen molar-refractivity contribution in [1.82, 2.24) is 14.9 Å². The maximum atomic E-state index is 12.0. The second-order valence-electron chi connectivity index (χ2n) is 5.99. The Morgan fingerprint density at radius 3 is 2.79 bits per heavy atom. The number of hydrogen-bond donors (Lipinski definition) is 2. The van der Waals surface area contributed by atoms with Gasteiger partial charge in [0, 0.05) is 11.6 Å². The van der Waals surface area contributed by atoms with Crippen molar-refractivity contribution in [1.29, 1.82) is 0 Å². The molecule has 0 radical (unpaired) electrons. The van der Waals surface area contributed by atoms with Gasteiger partial charge in [0.15, 0.2) is 0 Å². The molecule has 1 saturated heterocycles. The molecule has 1 aliphatic rings. The van der Waals surface area contributed by atoms with Gasteiger partial charge in [0.1, 0.15) is 0 Å². The Hall–Kier alpha value is -1.55. The number of hydrogen-bond acceptors (Lipinski definition) is 2. The molecule has 2 heterocycles. The minimum absolute atomic E-state index is 0.0216. The molecule has 102 valence electrons. The fraction of sp³-hybridized carbons (Fsp3) is 0.533. The average Bonchev–Trinajstić information content (AvgIpc) is 2.91. The van der Waals surface area contributed by atoms with Gasteiger partial charge >= 0.3 is 5.69 Å². The number of H-pyrrole nitrogens is 1. The lowest BCUT2D eigenvalue weighted by atomic mass is 9.90. The van der Waals surface area contributed by atoms with E-state index in [1.165, 1.54) is 12.0 Å². The molecule has 0 saturated carbocycles. The molecule has 0 spiro atoms. The van der Waals surface area contributed by atoms with Gasteiger partial charge in [-0.25, -0.2) is 4.79 Å². The first-order valence-corrected chi connectivity index (χ1v) is 7.01. The molecular weight excluding hydrogens is 238 g/mol. The van der Waals surface area contributed by atoms with Crippen molar-refractivity contribution >= 4 is 11.0 Å². The molecule has 4 nitrogen and oxygen atoms in total. The van der Waals surface area contributed by atoms with Gasteiger partial charge in [0.2, 0.25) is 0 Å². The van der Waals surface area contributed by atoms with Crippen LogP contribution in [0.4, 0.5) is 0 Å². The van der Waals surface area contributed by atoms with Crippen LogP contribution in [-0.2, 0) is 5.54 Å². The largest absolute Gasteiger partial charge is 0.326 e. The normalized spacial score (nSPS) is 23.6. The van der Waals surface area contributed by atoms with Crippen LogP contribution in [0.5, 0.6) is 0 Å². The van der Waals surface area contributed by atoms with E-state index in [0.29, 0.717) is 0 Å². The van der Waals surface area contributed by atoms with Gasteiger partial charge in [-0.3, -0.25) is 4.57 Å². The minimum atomic E-state index is -0.0216. The van der Waals surface area contributed by atoms with Crippen LogP contribution in [0.2, 0.25) is 0 Å². The van der Waals surface area contributed by atoms with Crippen molar-refractivity contribution in [3.63, 3.8) is 0 Å². The van der Waals surface area contributed by atoms with E-state index in [9.17, 15) is 4.79 Å². The highest BCUT2D eigenvalue weighted by atomic mass is 16.1. The fourth-order valence-corrected chi connectivity index (χ4v) is 3.13. The number of imidazole rings is 1. The van der Waals surface area contributed by atoms with Crippen LogP contribution in [0, 0.1) is 0 Å². The minimum Gasteiger partial charge on any atom is -0.308 e. The second-order valence-corrected chi connectivity index (χ2v) is 5.99. The zero-order valence-electron chi connectivity index (χ0n) is 11.8. The highest BCUT2D eigenvalue weighted by Gasteiger charge is 2.30. The Bertz CT molecular complexity index is 660. The Balaban J connectivity index is 2.15. The van der Waals surface area contributed by atoms with Crippen LogP contribution in [0.15, 0.2) is 23.0 Å². The summed E-state index contributed by atoms with van der Waals surface area (Å²) in [7, 11) is 0.